The zero-order valence-electron chi connectivity index (χ0n) is 20.8. The SMILES string of the molecule is CCOC(=O)NC(=O)c1cc(C#Cc2ccc(C(=O)OC(C)(C)C)cc2[N+](=O)[O-])c(N)cc1C(=O)OC. The molecule has 2 rings (SSSR count). The highest BCUT2D eigenvalue weighted by Crippen LogP contribution is 2.23. The Bertz CT molecular complexity index is 1330. The number of hydrogen-bond acceptors (Lipinski definition) is 10. The number of imide groups is 1. The Morgan fingerprint density at radius 2 is 1.68 bits per heavy atom. The van der Waals surface area contributed by atoms with E-state index in [4.69, 9.17) is 10.5 Å². The number of nitro benzene ring substituents is 1. The van der Waals surface area contributed by atoms with Crippen LogP contribution in [0.25, 0.3) is 0 Å². The van der Waals surface area contributed by atoms with Gasteiger partial charge in [-0.3, -0.25) is 20.2 Å². The van der Waals surface area contributed by atoms with Gasteiger partial charge in [-0.1, -0.05) is 11.8 Å². The lowest BCUT2D eigenvalue weighted by molar-refractivity contribution is -0.385. The summed E-state index contributed by atoms with van der Waals surface area (Å²) in [5, 5.41) is 13.6. The first-order valence-electron chi connectivity index (χ1n) is 10.8. The number of methoxy groups -OCH3 is 1. The highest BCUT2D eigenvalue weighted by Gasteiger charge is 2.23. The molecule has 0 saturated heterocycles. The van der Waals surface area contributed by atoms with E-state index in [0.29, 0.717) is 0 Å². The predicted molar refractivity (Wildman–Crippen MR) is 131 cm³/mol. The van der Waals surface area contributed by atoms with E-state index in [0.717, 1.165) is 25.3 Å². The van der Waals surface area contributed by atoms with Gasteiger partial charge in [0, 0.05) is 17.3 Å². The van der Waals surface area contributed by atoms with Crippen LogP contribution in [0.1, 0.15) is 69.9 Å². The molecule has 2 aromatic rings. The summed E-state index contributed by atoms with van der Waals surface area (Å²) in [7, 11) is 1.10. The van der Waals surface area contributed by atoms with Gasteiger partial charge in [0.15, 0.2) is 0 Å². The lowest BCUT2D eigenvalue weighted by Crippen LogP contribution is -2.32. The molecule has 12 nitrogen and oxygen atoms in total. The summed E-state index contributed by atoms with van der Waals surface area (Å²) in [5.41, 5.74) is 4.13. The van der Waals surface area contributed by atoms with Crippen molar-refractivity contribution in [1.82, 2.24) is 5.32 Å². The molecule has 0 unspecified atom stereocenters. The van der Waals surface area contributed by atoms with Gasteiger partial charge in [0.25, 0.3) is 11.6 Å². The quantitative estimate of drug-likeness (QED) is 0.151. The van der Waals surface area contributed by atoms with Crippen molar-refractivity contribution in [2.75, 3.05) is 19.5 Å². The second kappa shape index (κ2) is 11.7. The van der Waals surface area contributed by atoms with E-state index >= 15 is 0 Å². The summed E-state index contributed by atoms with van der Waals surface area (Å²) in [6.45, 7) is 6.54. The summed E-state index contributed by atoms with van der Waals surface area (Å²) in [5.74, 6) is 2.61. The van der Waals surface area contributed by atoms with Gasteiger partial charge < -0.3 is 19.9 Å². The zero-order chi connectivity index (χ0) is 27.9. The number of amides is 2. The van der Waals surface area contributed by atoms with E-state index in [2.05, 4.69) is 21.3 Å². The molecule has 0 aromatic heterocycles. The second-order valence-corrected chi connectivity index (χ2v) is 8.39. The number of rotatable bonds is 5. The van der Waals surface area contributed by atoms with Gasteiger partial charge in [-0.2, -0.15) is 0 Å². The second-order valence-electron chi connectivity index (χ2n) is 8.39. The van der Waals surface area contributed by atoms with E-state index in [1.54, 1.807) is 27.7 Å². The maximum Gasteiger partial charge on any atom is 0.414 e. The first-order chi connectivity index (χ1) is 17.3. The molecule has 2 aromatic carbocycles. The number of nitro groups is 1. The number of carbonyl (C=O) groups is 4. The molecular formula is C25H25N3O9. The number of nitrogens with one attached hydrogen (secondary N) is 1. The van der Waals surface area contributed by atoms with Crippen LogP contribution in [0.4, 0.5) is 16.2 Å². The van der Waals surface area contributed by atoms with E-state index in [1.807, 2.05) is 5.32 Å². The molecule has 3 N–H and O–H groups in total. The smallest absolute Gasteiger partial charge is 0.414 e. The average Bonchev–Trinajstić information content (AvgIpc) is 2.81. The fourth-order valence-electron chi connectivity index (χ4n) is 2.91. The molecule has 0 saturated carbocycles. The predicted octanol–water partition coefficient (Wildman–Crippen LogP) is 3.21. The Morgan fingerprint density at radius 1 is 1.03 bits per heavy atom. The highest BCUT2D eigenvalue weighted by atomic mass is 16.6. The lowest BCUT2D eigenvalue weighted by atomic mass is 10.0. The van der Waals surface area contributed by atoms with Crippen LogP contribution in [0.3, 0.4) is 0 Å². The molecular weight excluding hydrogens is 486 g/mol. The molecule has 2 amide bonds. The molecule has 0 aliphatic heterocycles. The third-order valence-electron chi connectivity index (χ3n) is 4.49. The summed E-state index contributed by atoms with van der Waals surface area (Å²) in [4.78, 5) is 59.7. The van der Waals surface area contributed by atoms with Crippen LogP contribution < -0.4 is 11.1 Å². The molecule has 0 heterocycles. The average molecular weight is 511 g/mol. The molecule has 0 aliphatic carbocycles. The molecule has 12 heteroatoms. The van der Waals surface area contributed by atoms with Gasteiger partial charge in [-0.15, -0.1) is 0 Å². The van der Waals surface area contributed by atoms with Gasteiger partial charge in [0.2, 0.25) is 0 Å². The van der Waals surface area contributed by atoms with Gasteiger partial charge in [0.1, 0.15) is 11.2 Å². The fourth-order valence-corrected chi connectivity index (χ4v) is 2.91. The number of esters is 2. The number of anilines is 1. The van der Waals surface area contributed by atoms with Crippen molar-refractivity contribution in [2.45, 2.75) is 33.3 Å². The molecule has 0 aliphatic rings. The molecule has 37 heavy (non-hydrogen) atoms. The van der Waals surface area contributed by atoms with Crippen molar-refractivity contribution in [3.63, 3.8) is 0 Å². The van der Waals surface area contributed by atoms with Crippen molar-refractivity contribution in [3.8, 4) is 11.8 Å². The maximum absolute atomic E-state index is 12.6. The van der Waals surface area contributed by atoms with Gasteiger partial charge in [-0.05, 0) is 52.0 Å². The summed E-state index contributed by atoms with van der Waals surface area (Å²) in [6, 6.07) is 5.92. The van der Waals surface area contributed by atoms with Crippen molar-refractivity contribution >= 4 is 35.3 Å². The van der Waals surface area contributed by atoms with Crippen LogP contribution in [0.2, 0.25) is 0 Å². The minimum Gasteiger partial charge on any atom is -0.465 e. The van der Waals surface area contributed by atoms with Crippen LogP contribution >= 0.6 is 0 Å². The Kier molecular flexibility index (Phi) is 8.93. The number of benzene rings is 2. The van der Waals surface area contributed by atoms with Crippen molar-refractivity contribution in [3.05, 3.63) is 68.3 Å². The van der Waals surface area contributed by atoms with E-state index < -0.39 is 40.2 Å². The van der Waals surface area contributed by atoms with Crippen molar-refractivity contribution < 1.29 is 38.3 Å². The number of nitrogens with zero attached hydrogens (tertiary/aromatic N) is 1. The maximum atomic E-state index is 12.6. The van der Waals surface area contributed by atoms with Crippen LogP contribution in [-0.4, -0.2) is 48.2 Å². The van der Waals surface area contributed by atoms with Gasteiger partial charge in [-0.25, -0.2) is 14.4 Å². The number of alkyl carbamates (subject to hydrolysis) is 1. The molecule has 0 radical (unpaired) electrons. The summed E-state index contributed by atoms with van der Waals surface area (Å²) in [6.07, 6.45) is -1.03. The number of hydrogen-bond donors (Lipinski definition) is 2. The largest absolute Gasteiger partial charge is 0.465 e. The number of nitrogens with two attached hydrogens (primary N) is 1. The molecule has 0 bridgehead atoms. The van der Waals surface area contributed by atoms with E-state index in [-0.39, 0.29) is 40.1 Å². The van der Waals surface area contributed by atoms with Crippen LogP contribution in [0.15, 0.2) is 30.3 Å². The molecule has 194 valence electrons. The highest BCUT2D eigenvalue weighted by molar-refractivity contribution is 6.10. The fraction of sp³-hybridized carbons (Fsp3) is 0.280. The van der Waals surface area contributed by atoms with Gasteiger partial charge in [0.05, 0.1) is 35.3 Å². The number of carbonyl (C=O) groups excluding carboxylic acids is 4. The third kappa shape index (κ3) is 7.53. The number of ether oxygens (including phenoxy) is 3. The van der Waals surface area contributed by atoms with Crippen LogP contribution in [0.5, 0.6) is 0 Å². The van der Waals surface area contributed by atoms with Crippen molar-refractivity contribution in [2.24, 2.45) is 0 Å². The monoisotopic (exact) mass is 511 g/mol. The van der Waals surface area contributed by atoms with Crippen molar-refractivity contribution in [1.29, 1.82) is 0 Å². The molecule has 0 fully saturated rings. The minimum atomic E-state index is -1.03. The topological polar surface area (TPSA) is 177 Å². The Balaban J connectivity index is 2.54. The minimum absolute atomic E-state index is 0.00688. The molecule has 0 spiro atoms. The van der Waals surface area contributed by atoms with E-state index in [1.165, 1.54) is 12.1 Å². The van der Waals surface area contributed by atoms with E-state index in [9.17, 15) is 29.3 Å². The van der Waals surface area contributed by atoms with Crippen LogP contribution in [0, 0.1) is 22.0 Å². The first-order valence-corrected chi connectivity index (χ1v) is 10.8. The normalized spacial score (nSPS) is 10.4. The third-order valence-corrected chi connectivity index (χ3v) is 4.49. The summed E-state index contributed by atoms with van der Waals surface area (Å²) >= 11 is 0. The van der Waals surface area contributed by atoms with Gasteiger partial charge >= 0.3 is 18.0 Å². The Hall–Kier alpha value is -4.92. The standard InChI is InChI=1S/C25H25N3O9/c1-6-36-24(32)27-21(29)17-11-15(19(26)13-18(17)23(31)35-5)9-7-14-8-10-16(12-20(14)28(33)34)22(30)37-25(2,3)4/h8,10-13H,6,26H2,1-5H3,(H,27,29,32). The van der Waals surface area contributed by atoms with Crippen LogP contribution in [-0.2, 0) is 14.2 Å². The zero-order valence-corrected chi connectivity index (χ0v) is 20.8. The Morgan fingerprint density at radius 3 is 2.24 bits per heavy atom. The molecule has 0 atom stereocenters. The number of nitrogen functional groups attached to an aromatic ring is 1. The Labute approximate surface area is 212 Å². The first kappa shape index (κ1) is 28.3. The lowest BCUT2D eigenvalue weighted by Gasteiger charge is -2.19. The summed E-state index contributed by atoms with van der Waals surface area (Å²) < 4.78 is 14.6.